The highest BCUT2D eigenvalue weighted by molar-refractivity contribution is 9.10. The van der Waals surface area contributed by atoms with Gasteiger partial charge >= 0.3 is 5.97 Å². The number of nitrogens with one attached hydrogen (secondary N) is 2. The molecule has 4 nitrogen and oxygen atoms in total. The first kappa shape index (κ1) is 15.8. The van der Waals surface area contributed by atoms with Gasteiger partial charge < -0.3 is 15.7 Å². The maximum Gasteiger partial charge on any atom is 0.335 e. The molecule has 108 valence electrons. The van der Waals surface area contributed by atoms with Crippen molar-refractivity contribution in [1.29, 1.82) is 0 Å². The van der Waals surface area contributed by atoms with E-state index in [9.17, 15) is 4.79 Å². The number of hydrogen-bond acceptors (Lipinski definition) is 2. The normalized spacial score (nSPS) is 10.0. The summed E-state index contributed by atoms with van der Waals surface area (Å²) >= 11 is 14.6. The molecule has 21 heavy (non-hydrogen) atoms. The van der Waals surface area contributed by atoms with Crippen LogP contribution in [0, 0.1) is 0 Å². The molecule has 0 aliphatic heterocycles. The summed E-state index contributed by atoms with van der Waals surface area (Å²) in [6, 6.07) is 11.7. The van der Waals surface area contributed by atoms with Gasteiger partial charge in [0.15, 0.2) is 5.11 Å². The van der Waals surface area contributed by atoms with Crippen LogP contribution in [0.15, 0.2) is 46.9 Å². The van der Waals surface area contributed by atoms with E-state index in [2.05, 4.69) is 26.6 Å². The molecular weight excluding hydrogens is 376 g/mol. The van der Waals surface area contributed by atoms with Gasteiger partial charge in [0.1, 0.15) is 0 Å². The van der Waals surface area contributed by atoms with Gasteiger partial charge in [-0.25, -0.2) is 4.79 Å². The number of thiocarbonyl (C=S) groups is 1. The molecule has 0 amide bonds. The Kier molecular flexibility index (Phi) is 5.17. The lowest BCUT2D eigenvalue weighted by molar-refractivity contribution is 0.0697. The fourth-order valence-electron chi connectivity index (χ4n) is 1.61. The van der Waals surface area contributed by atoms with E-state index in [1.165, 1.54) is 12.1 Å². The van der Waals surface area contributed by atoms with Gasteiger partial charge in [-0.05, 0) is 48.6 Å². The summed E-state index contributed by atoms with van der Waals surface area (Å²) in [6.45, 7) is 0. The molecule has 0 saturated carbocycles. The third-order valence-corrected chi connectivity index (χ3v) is 3.56. The number of hydrogen-bond donors (Lipinski definition) is 3. The summed E-state index contributed by atoms with van der Waals surface area (Å²) in [7, 11) is 0. The molecule has 2 rings (SSSR count). The van der Waals surface area contributed by atoms with Gasteiger partial charge in [-0.1, -0.05) is 33.6 Å². The monoisotopic (exact) mass is 384 g/mol. The van der Waals surface area contributed by atoms with E-state index in [0.29, 0.717) is 21.5 Å². The molecule has 0 spiro atoms. The lowest BCUT2D eigenvalue weighted by Gasteiger charge is -2.12. The van der Waals surface area contributed by atoms with Gasteiger partial charge in [0.2, 0.25) is 0 Å². The Hall–Kier alpha value is -1.63. The van der Waals surface area contributed by atoms with Crippen molar-refractivity contribution in [2.45, 2.75) is 0 Å². The minimum absolute atomic E-state index is 0.185. The predicted molar refractivity (Wildman–Crippen MR) is 92.4 cm³/mol. The van der Waals surface area contributed by atoms with Crippen molar-refractivity contribution in [2.75, 3.05) is 10.6 Å². The highest BCUT2D eigenvalue weighted by Gasteiger charge is 2.06. The van der Waals surface area contributed by atoms with E-state index >= 15 is 0 Å². The van der Waals surface area contributed by atoms with Gasteiger partial charge in [0.25, 0.3) is 0 Å². The van der Waals surface area contributed by atoms with E-state index in [1.54, 1.807) is 24.3 Å². The lowest BCUT2D eigenvalue weighted by atomic mass is 10.2. The summed E-state index contributed by atoms with van der Waals surface area (Å²) in [6.07, 6.45) is 0. The zero-order chi connectivity index (χ0) is 15.4. The van der Waals surface area contributed by atoms with Gasteiger partial charge in [-0.3, -0.25) is 0 Å². The number of anilines is 2. The number of halogens is 2. The van der Waals surface area contributed by atoms with Crippen LogP contribution in [0.2, 0.25) is 5.02 Å². The highest BCUT2D eigenvalue weighted by atomic mass is 79.9. The van der Waals surface area contributed by atoms with Gasteiger partial charge in [-0.15, -0.1) is 0 Å². The number of carbonyl (C=O) groups is 1. The van der Waals surface area contributed by atoms with E-state index in [0.717, 1.165) is 4.47 Å². The summed E-state index contributed by atoms with van der Waals surface area (Å²) in [5.41, 5.74) is 1.43. The van der Waals surface area contributed by atoms with Crippen molar-refractivity contribution in [3.05, 3.63) is 57.5 Å². The quantitative estimate of drug-likeness (QED) is 0.674. The Bertz CT molecular complexity index is 709. The van der Waals surface area contributed by atoms with Crippen LogP contribution >= 0.6 is 39.7 Å². The van der Waals surface area contributed by atoms with Crippen molar-refractivity contribution >= 4 is 62.2 Å². The maximum absolute atomic E-state index is 10.9. The fraction of sp³-hybridized carbons (Fsp3) is 0. The largest absolute Gasteiger partial charge is 0.478 e. The average Bonchev–Trinajstić information content (AvgIpc) is 2.42. The molecule has 2 aromatic carbocycles. The second-order valence-corrected chi connectivity index (χ2v) is 5.82. The molecule has 0 aromatic heterocycles. The van der Waals surface area contributed by atoms with Crippen LogP contribution in [0.1, 0.15) is 10.4 Å². The van der Waals surface area contributed by atoms with Crippen LogP contribution in [0.5, 0.6) is 0 Å². The first-order valence-corrected chi connectivity index (χ1v) is 7.40. The Morgan fingerprint density at radius 1 is 1.19 bits per heavy atom. The predicted octanol–water partition coefficient (Wildman–Crippen LogP) is 4.61. The van der Waals surface area contributed by atoms with Crippen LogP contribution in [0.3, 0.4) is 0 Å². The molecular formula is C14H10BrClN2O2S. The molecule has 0 saturated heterocycles. The Morgan fingerprint density at radius 3 is 2.62 bits per heavy atom. The van der Waals surface area contributed by atoms with Crippen LogP contribution < -0.4 is 10.6 Å². The topological polar surface area (TPSA) is 61.4 Å². The summed E-state index contributed by atoms with van der Waals surface area (Å²) in [4.78, 5) is 10.9. The van der Waals surface area contributed by atoms with Gasteiger partial charge in [0.05, 0.1) is 16.3 Å². The minimum Gasteiger partial charge on any atom is -0.478 e. The number of carboxylic acids is 1. The minimum atomic E-state index is -0.992. The van der Waals surface area contributed by atoms with Crippen LogP contribution in [0.25, 0.3) is 0 Å². The van der Waals surface area contributed by atoms with E-state index in [4.69, 9.17) is 28.9 Å². The molecule has 0 atom stereocenters. The van der Waals surface area contributed by atoms with Crippen molar-refractivity contribution in [3.8, 4) is 0 Å². The second-order valence-electron chi connectivity index (χ2n) is 4.09. The lowest BCUT2D eigenvalue weighted by Crippen LogP contribution is -2.19. The third-order valence-electron chi connectivity index (χ3n) is 2.55. The molecule has 0 radical (unpaired) electrons. The second kappa shape index (κ2) is 6.89. The van der Waals surface area contributed by atoms with Crippen LogP contribution in [0.4, 0.5) is 11.4 Å². The summed E-state index contributed by atoms with van der Waals surface area (Å²) < 4.78 is 0.867. The van der Waals surface area contributed by atoms with Crippen molar-refractivity contribution in [3.63, 3.8) is 0 Å². The standard InChI is InChI=1S/C14H10BrClN2O2S/c15-9-4-5-12(11(16)7-9)18-14(21)17-10-3-1-2-8(6-10)13(19)20/h1-7H,(H,19,20)(H2,17,18,21). The molecule has 0 aliphatic carbocycles. The highest BCUT2D eigenvalue weighted by Crippen LogP contribution is 2.25. The molecule has 7 heteroatoms. The SMILES string of the molecule is O=C(O)c1cccc(NC(=S)Nc2ccc(Br)cc2Cl)c1. The zero-order valence-electron chi connectivity index (χ0n) is 10.6. The van der Waals surface area contributed by atoms with E-state index in [1.807, 2.05) is 6.07 Å². The first-order chi connectivity index (χ1) is 9.95. The zero-order valence-corrected chi connectivity index (χ0v) is 13.7. The molecule has 0 fully saturated rings. The summed E-state index contributed by atoms with van der Waals surface area (Å²) in [5, 5.41) is 15.7. The number of carboxylic acid groups (broad SMARTS) is 1. The Labute approximate surface area is 140 Å². The van der Waals surface area contributed by atoms with Crippen LogP contribution in [-0.4, -0.2) is 16.2 Å². The van der Waals surface area contributed by atoms with Crippen molar-refractivity contribution in [2.24, 2.45) is 0 Å². The Balaban J connectivity index is 2.08. The summed E-state index contributed by atoms with van der Waals surface area (Å²) in [5.74, 6) is -0.992. The number of aromatic carboxylic acids is 1. The van der Waals surface area contributed by atoms with E-state index < -0.39 is 5.97 Å². The Morgan fingerprint density at radius 2 is 1.95 bits per heavy atom. The number of rotatable bonds is 3. The first-order valence-electron chi connectivity index (χ1n) is 5.82. The van der Waals surface area contributed by atoms with Gasteiger partial charge in [0, 0.05) is 10.2 Å². The third kappa shape index (κ3) is 4.42. The molecule has 0 aliphatic rings. The van der Waals surface area contributed by atoms with Gasteiger partial charge in [-0.2, -0.15) is 0 Å². The molecule has 2 aromatic rings. The number of benzene rings is 2. The molecule has 0 bridgehead atoms. The molecule has 3 N–H and O–H groups in total. The van der Waals surface area contributed by atoms with E-state index in [-0.39, 0.29) is 5.56 Å². The molecule has 0 heterocycles. The van der Waals surface area contributed by atoms with Crippen molar-refractivity contribution in [1.82, 2.24) is 0 Å². The average molecular weight is 386 g/mol. The van der Waals surface area contributed by atoms with Crippen molar-refractivity contribution < 1.29 is 9.90 Å². The molecule has 0 unspecified atom stereocenters. The smallest absolute Gasteiger partial charge is 0.335 e. The maximum atomic E-state index is 10.9. The van der Waals surface area contributed by atoms with Crippen LogP contribution in [-0.2, 0) is 0 Å². The fourth-order valence-corrected chi connectivity index (χ4v) is 2.55.